The molecule has 0 spiro atoms. The Labute approximate surface area is 42.2 Å². The van der Waals surface area contributed by atoms with Crippen molar-refractivity contribution >= 4 is 8.25 Å². The molecule has 0 aliphatic heterocycles. The molecule has 0 amide bonds. The third-order valence-corrected chi connectivity index (χ3v) is 0.723. The molecular weight excluding hydrogens is 117 g/mol. The van der Waals surface area contributed by atoms with Gasteiger partial charge in [0.1, 0.15) is 6.61 Å². The highest BCUT2D eigenvalue weighted by Crippen LogP contribution is 2.12. The summed E-state index contributed by atoms with van der Waals surface area (Å²) in [5.74, 6) is 0. The van der Waals surface area contributed by atoms with Crippen LogP contribution in [-0.4, -0.2) is 18.0 Å². The van der Waals surface area contributed by atoms with Gasteiger partial charge in [-0.1, -0.05) is 0 Å². The minimum atomic E-state index is -2.44. The third kappa shape index (κ3) is 5.98. The quantitative estimate of drug-likeness (QED) is 0.502. The SMILES string of the molecule is NCCO[P+](=O)O. The van der Waals surface area contributed by atoms with Gasteiger partial charge in [-0.3, -0.25) is 0 Å². The highest BCUT2D eigenvalue weighted by molar-refractivity contribution is 7.32. The van der Waals surface area contributed by atoms with Crippen molar-refractivity contribution in [2.75, 3.05) is 13.2 Å². The summed E-state index contributed by atoms with van der Waals surface area (Å²) in [7, 11) is -2.44. The number of hydrogen-bond acceptors (Lipinski definition) is 3. The van der Waals surface area contributed by atoms with Gasteiger partial charge in [0.2, 0.25) is 0 Å². The molecular formula is C2H7NO3P+. The van der Waals surface area contributed by atoms with Crippen molar-refractivity contribution in [2.24, 2.45) is 5.73 Å². The standard InChI is InChI=1S/C2H6NO3P/c3-1-2-6-7(4)5/h1-3H2/p+1. The first-order valence-electron chi connectivity index (χ1n) is 1.76. The highest BCUT2D eigenvalue weighted by atomic mass is 31.1. The topological polar surface area (TPSA) is 72.5 Å². The van der Waals surface area contributed by atoms with Crippen molar-refractivity contribution in [1.82, 2.24) is 0 Å². The van der Waals surface area contributed by atoms with Gasteiger partial charge in [0.25, 0.3) is 0 Å². The maximum Gasteiger partial charge on any atom is 0.694 e. The summed E-state index contributed by atoms with van der Waals surface area (Å²) in [5, 5.41) is 0. The van der Waals surface area contributed by atoms with E-state index in [-0.39, 0.29) is 13.2 Å². The molecule has 0 rings (SSSR count). The Hall–Kier alpha value is -0.0200. The molecule has 1 unspecified atom stereocenters. The van der Waals surface area contributed by atoms with Crippen molar-refractivity contribution in [1.29, 1.82) is 0 Å². The van der Waals surface area contributed by atoms with Crippen LogP contribution in [0.15, 0.2) is 0 Å². The highest BCUT2D eigenvalue weighted by Gasteiger charge is 2.08. The predicted molar refractivity (Wildman–Crippen MR) is 24.8 cm³/mol. The summed E-state index contributed by atoms with van der Waals surface area (Å²) < 4.78 is 13.8. The fourth-order valence-corrected chi connectivity index (χ4v) is 0.392. The summed E-state index contributed by atoms with van der Waals surface area (Å²) in [5.41, 5.74) is 4.91. The molecule has 42 valence electrons. The molecule has 0 aromatic rings. The van der Waals surface area contributed by atoms with Crippen LogP contribution in [0.1, 0.15) is 0 Å². The largest absolute Gasteiger partial charge is 0.694 e. The molecule has 0 fully saturated rings. The first-order valence-corrected chi connectivity index (χ1v) is 2.89. The third-order valence-electron chi connectivity index (χ3n) is 0.320. The van der Waals surface area contributed by atoms with Gasteiger partial charge in [0.15, 0.2) is 0 Å². The molecule has 0 saturated carbocycles. The smallest absolute Gasteiger partial charge is 0.328 e. The molecule has 0 radical (unpaired) electrons. The average molecular weight is 124 g/mol. The lowest BCUT2D eigenvalue weighted by molar-refractivity contribution is 0.289. The van der Waals surface area contributed by atoms with E-state index in [1.807, 2.05) is 0 Å². The molecule has 4 nitrogen and oxygen atoms in total. The van der Waals surface area contributed by atoms with Gasteiger partial charge in [-0.05, 0) is 0 Å². The second kappa shape index (κ2) is 4.15. The van der Waals surface area contributed by atoms with E-state index in [0.29, 0.717) is 0 Å². The maximum atomic E-state index is 9.63. The zero-order valence-electron chi connectivity index (χ0n) is 3.70. The van der Waals surface area contributed by atoms with Gasteiger partial charge in [-0.2, -0.15) is 0 Å². The van der Waals surface area contributed by atoms with Gasteiger partial charge < -0.3 is 5.73 Å². The monoisotopic (exact) mass is 124 g/mol. The lowest BCUT2D eigenvalue weighted by atomic mass is 10.8. The average Bonchev–Trinajstić information content (AvgIpc) is 1.61. The van der Waals surface area contributed by atoms with E-state index in [1.54, 1.807) is 0 Å². The maximum absolute atomic E-state index is 9.63. The van der Waals surface area contributed by atoms with E-state index in [1.165, 1.54) is 0 Å². The molecule has 3 N–H and O–H groups in total. The van der Waals surface area contributed by atoms with Crippen LogP contribution in [0.4, 0.5) is 0 Å². The minimum absolute atomic E-state index is 0.145. The Morgan fingerprint density at radius 2 is 2.43 bits per heavy atom. The molecule has 0 bridgehead atoms. The zero-order valence-corrected chi connectivity index (χ0v) is 4.60. The summed E-state index contributed by atoms with van der Waals surface area (Å²) in [6, 6.07) is 0. The fraction of sp³-hybridized carbons (Fsp3) is 1.00. The molecule has 0 aromatic carbocycles. The summed E-state index contributed by atoms with van der Waals surface area (Å²) >= 11 is 0. The van der Waals surface area contributed by atoms with E-state index in [4.69, 9.17) is 10.6 Å². The van der Waals surface area contributed by atoms with Gasteiger partial charge >= 0.3 is 8.25 Å². The van der Waals surface area contributed by atoms with Crippen molar-refractivity contribution < 1.29 is 14.0 Å². The molecule has 0 heterocycles. The Morgan fingerprint density at radius 3 is 2.57 bits per heavy atom. The first-order chi connectivity index (χ1) is 3.27. The van der Waals surface area contributed by atoms with Crippen LogP contribution in [0.5, 0.6) is 0 Å². The summed E-state index contributed by atoms with van der Waals surface area (Å²) in [6.45, 7) is 0.424. The Bertz CT molecular complexity index is 66.0. The molecule has 5 heteroatoms. The molecule has 0 aliphatic carbocycles. The Morgan fingerprint density at radius 1 is 1.86 bits per heavy atom. The first kappa shape index (κ1) is 6.98. The normalized spacial score (nSPS) is 11.4. The zero-order chi connectivity index (χ0) is 5.70. The molecule has 0 saturated heterocycles. The van der Waals surface area contributed by atoms with E-state index in [2.05, 4.69) is 4.52 Å². The van der Waals surface area contributed by atoms with E-state index >= 15 is 0 Å². The molecule has 0 aliphatic rings. The van der Waals surface area contributed by atoms with Gasteiger partial charge in [-0.15, -0.1) is 9.42 Å². The molecule has 0 aromatic heterocycles. The van der Waals surface area contributed by atoms with Crippen LogP contribution in [0.3, 0.4) is 0 Å². The van der Waals surface area contributed by atoms with Crippen LogP contribution in [0.25, 0.3) is 0 Å². The van der Waals surface area contributed by atoms with Crippen LogP contribution in [0.2, 0.25) is 0 Å². The second-order valence-electron chi connectivity index (χ2n) is 0.860. The van der Waals surface area contributed by atoms with Crippen molar-refractivity contribution in [2.45, 2.75) is 0 Å². The predicted octanol–water partition coefficient (Wildman–Crippen LogP) is -0.389. The van der Waals surface area contributed by atoms with E-state index < -0.39 is 8.25 Å². The van der Waals surface area contributed by atoms with Crippen molar-refractivity contribution in [3.8, 4) is 0 Å². The summed E-state index contributed by atoms with van der Waals surface area (Å²) in [4.78, 5) is 7.91. The van der Waals surface area contributed by atoms with E-state index in [0.717, 1.165) is 0 Å². The lowest BCUT2D eigenvalue weighted by Gasteiger charge is -1.77. The van der Waals surface area contributed by atoms with Crippen molar-refractivity contribution in [3.63, 3.8) is 0 Å². The minimum Gasteiger partial charge on any atom is -0.328 e. The van der Waals surface area contributed by atoms with Crippen LogP contribution < -0.4 is 5.73 Å². The number of rotatable bonds is 3. The summed E-state index contributed by atoms with van der Waals surface area (Å²) in [6.07, 6.45) is 0. The lowest BCUT2D eigenvalue weighted by Crippen LogP contribution is -2.04. The van der Waals surface area contributed by atoms with Crippen LogP contribution in [0, 0.1) is 0 Å². The number of nitrogens with two attached hydrogens (primary N) is 1. The van der Waals surface area contributed by atoms with Gasteiger partial charge in [0, 0.05) is 11.1 Å². The van der Waals surface area contributed by atoms with Crippen molar-refractivity contribution in [3.05, 3.63) is 0 Å². The molecule has 7 heavy (non-hydrogen) atoms. The van der Waals surface area contributed by atoms with E-state index in [9.17, 15) is 4.57 Å². The fourth-order valence-electron chi connectivity index (χ4n) is 0.131. The Kier molecular flexibility index (Phi) is 4.14. The Balaban J connectivity index is 2.82. The van der Waals surface area contributed by atoms with Crippen LogP contribution in [-0.2, 0) is 9.09 Å². The second-order valence-corrected chi connectivity index (χ2v) is 1.59. The van der Waals surface area contributed by atoms with Crippen LogP contribution >= 0.6 is 8.25 Å². The van der Waals surface area contributed by atoms with Gasteiger partial charge in [-0.25, -0.2) is 0 Å². The molecule has 1 atom stereocenters. The number of hydrogen-bond donors (Lipinski definition) is 2. The van der Waals surface area contributed by atoms with Gasteiger partial charge in [0.05, 0.1) is 0 Å².